The highest BCUT2D eigenvalue weighted by Crippen LogP contribution is 2.37. The number of hydrogen-bond acceptors (Lipinski definition) is 4. The van der Waals surface area contributed by atoms with Crippen molar-refractivity contribution in [3.8, 4) is 0 Å². The van der Waals surface area contributed by atoms with Crippen LogP contribution >= 0.6 is 0 Å². The lowest BCUT2D eigenvalue weighted by molar-refractivity contribution is -0.126. The van der Waals surface area contributed by atoms with E-state index in [0.29, 0.717) is 5.69 Å². The minimum atomic E-state index is -3.70. The van der Waals surface area contributed by atoms with Gasteiger partial charge in [-0.15, -0.1) is 0 Å². The lowest BCUT2D eigenvalue weighted by Gasteiger charge is -2.35. The van der Waals surface area contributed by atoms with Crippen LogP contribution in [-0.2, 0) is 21.9 Å². The maximum absolute atomic E-state index is 13.0. The van der Waals surface area contributed by atoms with Gasteiger partial charge in [-0.1, -0.05) is 6.42 Å². The molecule has 126 valence electrons. The molecule has 7 nitrogen and oxygen atoms in total. The van der Waals surface area contributed by atoms with E-state index in [1.807, 2.05) is 0 Å². The number of Topliss-reactive ketones (excluding diaryl/α,β-unsaturated/α-hetero) is 1. The van der Waals surface area contributed by atoms with E-state index >= 15 is 0 Å². The molecule has 1 aromatic rings. The van der Waals surface area contributed by atoms with Crippen molar-refractivity contribution in [2.75, 3.05) is 13.6 Å². The van der Waals surface area contributed by atoms with Gasteiger partial charge in [-0.25, -0.2) is 8.42 Å². The maximum atomic E-state index is 13.0. The number of nitrogens with one attached hydrogen (secondary N) is 1. The minimum absolute atomic E-state index is 0.110. The summed E-state index contributed by atoms with van der Waals surface area (Å²) in [6.45, 7) is 0.229. The second kappa shape index (κ2) is 5.76. The zero-order chi connectivity index (χ0) is 16.8. The average molecular weight is 339 g/mol. The first kappa shape index (κ1) is 16.2. The first-order valence-electron chi connectivity index (χ1n) is 7.79. The molecule has 2 heterocycles. The number of aryl methyl sites for hydroxylation is 1. The molecule has 8 heteroatoms. The Hall–Kier alpha value is -1.67. The highest BCUT2D eigenvalue weighted by atomic mass is 32.2. The summed E-state index contributed by atoms with van der Waals surface area (Å²) in [5.41, 5.74) is 0.294. The third-order valence-electron chi connectivity index (χ3n) is 4.89. The number of ketones is 1. The molecule has 2 atom stereocenters. The molecule has 2 aliphatic rings. The molecule has 1 aromatic heterocycles. The van der Waals surface area contributed by atoms with E-state index < -0.39 is 10.0 Å². The molecule has 0 unspecified atom stereocenters. The molecule has 1 N–H and O–H groups in total. The second-order valence-corrected chi connectivity index (χ2v) is 8.08. The zero-order valence-corrected chi connectivity index (χ0v) is 14.1. The zero-order valence-electron chi connectivity index (χ0n) is 13.3. The van der Waals surface area contributed by atoms with Crippen molar-refractivity contribution in [1.82, 2.24) is 14.2 Å². The van der Waals surface area contributed by atoms with Gasteiger partial charge in [0.05, 0.1) is 0 Å². The molecule has 1 saturated carbocycles. The Morgan fingerprint density at radius 2 is 2.09 bits per heavy atom. The number of fused-ring (bicyclic) bond motifs is 1. The predicted molar refractivity (Wildman–Crippen MR) is 83.4 cm³/mol. The van der Waals surface area contributed by atoms with E-state index in [2.05, 4.69) is 5.32 Å². The van der Waals surface area contributed by atoms with Gasteiger partial charge in [-0.2, -0.15) is 4.31 Å². The van der Waals surface area contributed by atoms with E-state index in [-0.39, 0.29) is 41.5 Å². The average Bonchev–Trinajstić information content (AvgIpc) is 3.14. The molecule has 0 bridgehead atoms. The van der Waals surface area contributed by atoms with Crippen LogP contribution in [0.2, 0.25) is 0 Å². The van der Waals surface area contributed by atoms with Crippen LogP contribution in [0.1, 0.15) is 36.2 Å². The van der Waals surface area contributed by atoms with Crippen LogP contribution in [0.15, 0.2) is 17.2 Å². The first-order valence-corrected chi connectivity index (χ1v) is 9.23. The van der Waals surface area contributed by atoms with Gasteiger partial charge in [0.25, 0.3) is 5.91 Å². The lowest BCUT2D eigenvalue weighted by atomic mass is 9.92. The van der Waals surface area contributed by atoms with Gasteiger partial charge >= 0.3 is 0 Å². The first-order chi connectivity index (χ1) is 10.9. The third-order valence-corrected chi connectivity index (χ3v) is 6.78. The van der Waals surface area contributed by atoms with Crippen molar-refractivity contribution in [2.45, 2.75) is 36.6 Å². The molecule has 2 fully saturated rings. The van der Waals surface area contributed by atoms with E-state index in [4.69, 9.17) is 0 Å². The number of sulfonamides is 1. The van der Waals surface area contributed by atoms with E-state index in [9.17, 15) is 18.0 Å². The quantitative estimate of drug-likeness (QED) is 0.869. The SMILES string of the molecule is CNC(=O)c1cc(S(=O)(=O)N2CCC(=O)[C@@H]3CCC[C@H]32)cn1C. The molecule has 1 aliphatic heterocycles. The minimum Gasteiger partial charge on any atom is -0.354 e. The summed E-state index contributed by atoms with van der Waals surface area (Å²) in [7, 11) is -0.559. The smallest absolute Gasteiger partial charge is 0.267 e. The number of nitrogens with zero attached hydrogens (tertiary/aromatic N) is 2. The lowest BCUT2D eigenvalue weighted by Crippen LogP contribution is -2.49. The summed E-state index contributed by atoms with van der Waals surface area (Å²) in [6.07, 6.45) is 4.11. The van der Waals surface area contributed by atoms with Gasteiger partial charge in [0.2, 0.25) is 10.0 Å². The van der Waals surface area contributed by atoms with Crippen molar-refractivity contribution >= 4 is 21.7 Å². The molecular weight excluding hydrogens is 318 g/mol. The Labute approximate surface area is 135 Å². The topological polar surface area (TPSA) is 88.5 Å². The number of amides is 1. The van der Waals surface area contributed by atoms with Crippen LogP contribution < -0.4 is 5.32 Å². The summed E-state index contributed by atoms with van der Waals surface area (Å²) < 4.78 is 28.9. The standard InChI is InChI=1S/C15H21N3O4S/c1-16-15(20)13-8-10(9-17(13)2)23(21,22)18-7-6-14(19)11-4-3-5-12(11)18/h8-9,11-12H,3-7H2,1-2H3,(H,16,20)/t11-,12-/m1/s1. The third kappa shape index (κ3) is 2.59. The highest BCUT2D eigenvalue weighted by molar-refractivity contribution is 7.89. The fraction of sp³-hybridized carbons (Fsp3) is 0.600. The van der Waals surface area contributed by atoms with Gasteiger partial charge in [0, 0.05) is 45.2 Å². The summed E-state index contributed by atoms with van der Waals surface area (Å²) >= 11 is 0. The van der Waals surface area contributed by atoms with Crippen LogP contribution in [0.25, 0.3) is 0 Å². The van der Waals surface area contributed by atoms with E-state index in [1.54, 1.807) is 7.05 Å². The van der Waals surface area contributed by atoms with Crippen LogP contribution in [0, 0.1) is 5.92 Å². The van der Waals surface area contributed by atoms with Crippen molar-refractivity contribution in [2.24, 2.45) is 13.0 Å². The Kier molecular flexibility index (Phi) is 4.05. The summed E-state index contributed by atoms with van der Waals surface area (Å²) in [6, 6.07) is 1.17. The van der Waals surface area contributed by atoms with E-state index in [1.165, 1.54) is 28.2 Å². The van der Waals surface area contributed by atoms with Crippen LogP contribution in [-0.4, -0.2) is 48.6 Å². The molecular formula is C15H21N3O4S. The second-order valence-electron chi connectivity index (χ2n) is 6.19. The number of hydrogen-bond donors (Lipinski definition) is 1. The number of carbonyl (C=O) groups is 2. The molecule has 1 amide bonds. The molecule has 1 aliphatic carbocycles. The molecule has 3 rings (SSSR count). The van der Waals surface area contributed by atoms with Crippen LogP contribution in [0.4, 0.5) is 0 Å². The monoisotopic (exact) mass is 339 g/mol. The van der Waals surface area contributed by atoms with Crippen molar-refractivity contribution in [3.05, 3.63) is 18.0 Å². The number of aromatic nitrogens is 1. The van der Waals surface area contributed by atoms with Gasteiger partial charge in [-0.05, 0) is 18.9 Å². The fourth-order valence-electron chi connectivity index (χ4n) is 3.70. The Morgan fingerprint density at radius 1 is 1.35 bits per heavy atom. The normalized spacial score (nSPS) is 25.4. The van der Waals surface area contributed by atoms with Gasteiger partial charge in [0.15, 0.2) is 0 Å². The van der Waals surface area contributed by atoms with Crippen molar-refractivity contribution in [3.63, 3.8) is 0 Å². The van der Waals surface area contributed by atoms with Gasteiger partial charge in [-0.3, -0.25) is 9.59 Å². The fourth-order valence-corrected chi connectivity index (χ4v) is 5.46. The molecule has 0 spiro atoms. The maximum Gasteiger partial charge on any atom is 0.267 e. The van der Waals surface area contributed by atoms with Crippen LogP contribution in [0.5, 0.6) is 0 Å². The Bertz CT molecular complexity index is 753. The van der Waals surface area contributed by atoms with Crippen molar-refractivity contribution < 1.29 is 18.0 Å². The summed E-state index contributed by atoms with van der Waals surface area (Å²) in [5.74, 6) is -0.319. The van der Waals surface area contributed by atoms with Crippen LogP contribution in [0.3, 0.4) is 0 Å². The predicted octanol–water partition coefficient (Wildman–Crippen LogP) is 0.517. The Morgan fingerprint density at radius 3 is 2.78 bits per heavy atom. The summed E-state index contributed by atoms with van der Waals surface area (Å²) in [5, 5.41) is 2.50. The molecule has 0 aromatic carbocycles. The summed E-state index contributed by atoms with van der Waals surface area (Å²) in [4.78, 5) is 23.9. The van der Waals surface area contributed by atoms with E-state index in [0.717, 1.165) is 19.3 Å². The molecule has 1 saturated heterocycles. The van der Waals surface area contributed by atoms with Gasteiger partial charge in [0.1, 0.15) is 16.4 Å². The number of rotatable bonds is 3. The number of carbonyl (C=O) groups excluding carboxylic acids is 2. The Balaban J connectivity index is 1.96. The molecule has 0 radical (unpaired) electrons. The largest absolute Gasteiger partial charge is 0.354 e. The highest BCUT2D eigenvalue weighted by Gasteiger charge is 2.45. The number of piperidine rings is 1. The van der Waals surface area contributed by atoms with Gasteiger partial charge < -0.3 is 9.88 Å². The van der Waals surface area contributed by atoms with Crippen molar-refractivity contribution in [1.29, 1.82) is 0 Å². The molecule has 23 heavy (non-hydrogen) atoms.